The number of ether oxygens (including phenoxy) is 1. The van der Waals surface area contributed by atoms with Crippen molar-refractivity contribution in [2.45, 2.75) is 45.3 Å². The van der Waals surface area contributed by atoms with Gasteiger partial charge in [0.2, 0.25) is 0 Å². The van der Waals surface area contributed by atoms with Crippen LogP contribution in [0.25, 0.3) is 0 Å². The van der Waals surface area contributed by atoms with Gasteiger partial charge in [-0.15, -0.1) is 0 Å². The molecular formula is C12H26N2O. The summed E-state index contributed by atoms with van der Waals surface area (Å²) in [5, 5.41) is 3.46. The van der Waals surface area contributed by atoms with Gasteiger partial charge in [-0.1, -0.05) is 6.92 Å². The van der Waals surface area contributed by atoms with Crippen molar-refractivity contribution in [3.8, 4) is 0 Å². The minimum atomic E-state index is 0.0736. The molecule has 0 aromatic heterocycles. The minimum Gasteiger partial charge on any atom is -0.377 e. The van der Waals surface area contributed by atoms with Crippen LogP contribution in [0, 0.1) is 0 Å². The monoisotopic (exact) mass is 214 g/mol. The third-order valence-corrected chi connectivity index (χ3v) is 3.32. The lowest BCUT2D eigenvalue weighted by Gasteiger charge is -2.40. The van der Waals surface area contributed by atoms with E-state index in [1.165, 1.54) is 19.4 Å². The van der Waals surface area contributed by atoms with Crippen LogP contribution in [0.15, 0.2) is 0 Å². The van der Waals surface area contributed by atoms with E-state index >= 15 is 0 Å². The fourth-order valence-electron chi connectivity index (χ4n) is 2.43. The van der Waals surface area contributed by atoms with Gasteiger partial charge in [0.15, 0.2) is 0 Å². The first-order valence-electron chi connectivity index (χ1n) is 6.10. The van der Waals surface area contributed by atoms with E-state index in [1.807, 2.05) is 7.11 Å². The molecule has 0 aliphatic carbocycles. The van der Waals surface area contributed by atoms with Crippen LogP contribution in [0.2, 0.25) is 0 Å². The molecule has 0 saturated carbocycles. The Morgan fingerprint density at radius 2 is 2.27 bits per heavy atom. The molecule has 1 rings (SSSR count). The lowest BCUT2D eigenvalue weighted by molar-refractivity contribution is -0.0519. The Kier molecular flexibility index (Phi) is 5.03. The molecule has 1 fully saturated rings. The summed E-state index contributed by atoms with van der Waals surface area (Å²) < 4.78 is 5.59. The highest BCUT2D eigenvalue weighted by atomic mass is 16.5. The lowest BCUT2D eigenvalue weighted by Crippen LogP contribution is -2.50. The highest BCUT2D eigenvalue weighted by Gasteiger charge is 2.30. The van der Waals surface area contributed by atoms with Gasteiger partial charge in [-0.3, -0.25) is 4.90 Å². The van der Waals surface area contributed by atoms with E-state index in [-0.39, 0.29) is 5.60 Å². The van der Waals surface area contributed by atoms with Crippen LogP contribution < -0.4 is 5.32 Å². The summed E-state index contributed by atoms with van der Waals surface area (Å²) in [7, 11) is 1.83. The van der Waals surface area contributed by atoms with Gasteiger partial charge in [-0.25, -0.2) is 0 Å². The van der Waals surface area contributed by atoms with Crippen molar-refractivity contribution >= 4 is 0 Å². The summed E-state index contributed by atoms with van der Waals surface area (Å²) in [6.07, 6.45) is 2.44. The maximum absolute atomic E-state index is 5.59. The molecule has 2 atom stereocenters. The Hall–Kier alpha value is -0.120. The van der Waals surface area contributed by atoms with Gasteiger partial charge in [-0.2, -0.15) is 0 Å². The first-order valence-corrected chi connectivity index (χ1v) is 6.10. The molecule has 3 heteroatoms. The van der Waals surface area contributed by atoms with E-state index in [1.54, 1.807) is 0 Å². The lowest BCUT2D eigenvalue weighted by atomic mass is 9.94. The quantitative estimate of drug-likeness (QED) is 0.750. The van der Waals surface area contributed by atoms with E-state index in [4.69, 9.17) is 4.74 Å². The van der Waals surface area contributed by atoms with E-state index in [2.05, 4.69) is 31.0 Å². The Morgan fingerprint density at radius 3 is 2.87 bits per heavy atom. The smallest absolute Gasteiger partial charge is 0.0777 e. The van der Waals surface area contributed by atoms with Crippen LogP contribution in [0.1, 0.15) is 33.6 Å². The number of hydrogen-bond acceptors (Lipinski definition) is 3. The summed E-state index contributed by atoms with van der Waals surface area (Å²) >= 11 is 0. The van der Waals surface area contributed by atoms with Crippen molar-refractivity contribution in [1.29, 1.82) is 0 Å². The molecular weight excluding hydrogens is 188 g/mol. The van der Waals surface area contributed by atoms with Gasteiger partial charge in [0.05, 0.1) is 5.60 Å². The van der Waals surface area contributed by atoms with Gasteiger partial charge in [0.1, 0.15) is 0 Å². The van der Waals surface area contributed by atoms with Crippen molar-refractivity contribution in [1.82, 2.24) is 10.2 Å². The number of likely N-dealkylation sites (tertiary alicyclic amines) is 1. The largest absolute Gasteiger partial charge is 0.377 e. The Morgan fingerprint density at radius 1 is 1.53 bits per heavy atom. The second kappa shape index (κ2) is 5.83. The normalized spacial score (nSPS) is 30.4. The molecule has 90 valence electrons. The molecule has 0 bridgehead atoms. The molecule has 0 amide bonds. The fourth-order valence-corrected chi connectivity index (χ4v) is 2.43. The predicted molar refractivity (Wildman–Crippen MR) is 64.2 cm³/mol. The first kappa shape index (κ1) is 12.9. The summed E-state index contributed by atoms with van der Waals surface area (Å²) in [4.78, 5) is 2.51. The Labute approximate surface area is 94.2 Å². The molecule has 0 radical (unpaired) electrons. The third-order valence-electron chi connectivity index (χ3n) is 3.32. The Bertz CT molecular complexity index is 186. The molecule has 0 spiro atoms. The first-order chi connectivity index (χ1) is 7.09. The van der Waals surface area contributed by atoms with Crippen molar-refractivity contribution in [3.63, 3.8) is 0 Å². The summed E-state index contributed by atoms with van der Waals surface area (Å²) in [6.45, 7) is 11.1. The molecule has 1 saturated heterocycles. The van der Waals surface area contributed by atoms with Gasteiger partial charge in [-0.05, 0) is 39.8 Å². The van der Waals surface area contributed by atoms with Gasteiger partial charge in [0, 0.05) is 26.2 Å². The SMILES string of the molecule is CCNC(C)CN1CCCC(C)(OC)C1. The van der Waals surface area contributed by atoms with E-state index in [0.717, 1.165) is 19.6 Å². The maximum Gasteiger partial charge on any atom is 0.0777 e. The van der Waals surface area contributed by atoms with Crippen molar-refractivity contribution < 1.29 is 4.74 Å². The second-order valence-corrected chi connectivity index (χ2v) is 4.95. The molecule has 1 N–H and O–H groups in total. The van der Waals surface area contributed by atoms with Crippen LogP contribution in [0.5, 0.6) is 0 Å². The zero-order valence-electron chi connectivity index (χ0n) is 10.7. The van der Waals surface area contributed by atoms with Crippen LogP contribution >= 0.6 is 0 Å². The topological polar surface area (TPSA) is 24.5 Å². The maximum atomic E-state index is 5.59. The Balaban J connectivity index is 2.36. The van der Waals surface area contributed by atoms with Crippen molar-refractivity contribution in [3.05, 3.63) is 0 Å². The molecule has 1 heterocycles. The third kappa shape index (κ3) is 4.09. The molecule has 2 unspecified atom stereocenters. The van der Waals surface area contributed by atoms with Gasteiger partial charge < -0.3 is 10.1 Å². The zero-order chi connectivity index (χ0) is 11.3. The number of nitrogens with one attached hydrogen (secondary N) is 1. The highest BCUT2D eigenvalue weighted by Crippen LogP contribution is 2.23. The summed E-state index contributed by atoms with van der Waals surface area (Å²) in [5.74, 6) is 0. The number of methoxy groups -OCH3 is 1. The summed E-state index contributed by atoms with van der Waals surface area (Å²) in [6, 6.07) is 0.578. The average molecular weight is 214 g/mol. The van der Waals surface area contributed by atoms with Crippen molar-refractivity contribution in [2.24, 2.45) is 0 Å². The number of piperidine rings is 1. The minimum absolute atomic E-state index is 0.0736. The zero-order valence-corrected chi connectivity index (χ0v) is 10.7. The van der Waals surface area contributed by atoms with Gasteiger partial charge in [0.25, 0.3) is 0 Å². The summed E-state index contributed by atoms with van der Waals surface area (Å²) in [5.41, 5.74) is 0.0736. The fraction of sp³-hybridized carbons (Fsp3) is 1.00. The van der Waals surface area contributed by atoms with Crippen LogP contribution in [0.3, 0.4) is 0 Å². The van der Waals surface area contributed by atoms with Gasteiger partial charge >= 0.3 is 0 Å². The average Bonchev–Trinajstić information content (AvgIpc) is 2.18. The molecule has 0 aromatic carbocycles. The number of hydrogen-bond donors (Lipinski definition) is 1. The van der Waals surface area contributed by atoms with Crippen molar-refractivity contribution in [2.75, 3.05) is 33.3 Å². The molecule has 3 nitrogen and oxygen atoms in total. The highest BCUT2D eigenvalue weighted by molar-refractivity contribution is 4.85. The standard InChI is InChI=1S/C12H26N2O/c1-5-13-11(2)9-14-8-6-7-12(3,10-14)15-4/h11,13H,5-10H2,1-4H3. The van der Waals surface area contributed by atoms with E-state index in [9.17, 15) is 0 Å². The van der Waals surface area contributed by atoms with Crippen LogP contribution in [-0.4, -0.2) is 49.8 Å². The molecule has 1 aliphatic rings. The number of rotatable bonds is 5. The number of nitrogens with zero attached hydrogens (tertiary/aromatic N) is 1. The molecule has 0 aromatic rings. The predicted octanol–water partition coefficient (Wildman–Crippen LogP) is 1.49. The number of likely N-dealkylation sites (N-methyl/N-ethyl adjacent to an activating group) is 1. The van der Waals surface area contributed by atoms with E-state index < -0.39 is 0 Å². The molecule has 15 heavy (non-hydrogen) atoms. The molecule has 1 aliphatic heterocycles. The van der Waals surface area contributed by atoms with E-state index in [0.29, 0.717) is 6.04 Å². The second-order valence-electron chi connectivity index (χ2n) is 4.95. The van der Waals surface area contributed by atoms with Crippen LogP contribution in [-0.2, 0) is 4.74 Å². The van der Waals surface area contributed by atoms with Crippen LogP contribution in [0.4, 0.5) is 0 Å².